The molecule has 0 bridgehead atoms. The lowest BCUT2D eigenvalue weighted by Crippen LogP contribution is -2.60. The highest BCUT2D eigenvalue weighted by Gasteiger charge is 2.61. The molecule has 0 unspecified atom stereocenters. The van der Waals surface area contributed by atoms with E-state index in [1.165, 1.54) is 25.8 Å². The number of ether oxygens (including phenoxy) is 6. The van der Waals surface area contributed by atoms with E-state index in [4.69, 9.17) is 33.5 Å². The monoisotopic (exact) mass is 858 g/mol. The number of cyclic esters (lactones) is 1. The molecule has 0 spiro atoms. The average Bonchev–Trinajstić information content (AvgIpc) is 3.79. The van der Waals surface area contributed by atoms with Crippen molar-refractivity contribution in [2.75, 3.05) is 27.0 Å². The topological polar surface area (TPSA) is 178 Å². The zero-order valence-electron chi connectivity index (χ0n) is 37.2. The van der Waals surface area contributed by atoms with Crippen LogP contribution in [0.2, 0.25) is 0 Å². The predicted octanol–water partition coefficient (Wildman–Crippen LogP) is 4.97. The normalized spacial score (nSPS) is 38.2. The third-order valence-electron chi connectivity index (χ3n) is 13.0. The molecule has 5 rings (SSSR count). The molecule has 0 radical (unpaired) electrons. The van der Waals surface area contributed by atoms with Gasteiger partial charge in [0.05, 0.1) is 41.6 Å². The summed E-state index contributed by atoms with van der Waals surface area (Å²) >= 11 is 1.40. The summed E-state index contributed by atoms with van der Waals surface area (Å²) in [4.78, 5) is 61.5. The summed E-state index contributed by atoms with van der Waals surface area (Å²) in [7, 11) is 5.31. The van der Waals surface area contributed by atoms with Crippen molar-refractivity contribution in [3.63, 3.8) is 0 Å². The van der Waals surface area contributed by atoms with E-state index in [1.807, 2.05) is 82.7 Å². The smallest absolute Gasteiger partial charge is 0.320 e. The number of likely N-dealkylation sites (N-methyl/N-ethyl adjacent to an activating group) is 1. The third-order valence-corrected chi connectivity index (χ3v) is 14.3. The number of fused-ring (bicyclic) bond motifs is 1. The van der Waals surface area contributed by atoms with Gasteiger partial charge in [-0.15, -0.1) is 11.8 Å². The Morgan fingerprint density at radius 1 is 1.08 bits per heavy atom. The Labute approximate surface area is 358 Å². The van der Waals surface area contributed by atoms with Crippen molar-refractivity contribution in [3.05, 3.63) is 36.8 Å². The first kappa shape index (κ1) is 47.6. The summed E-state index contributed by atoms with van der Waals surface area (Å²) in [5, 5.41) is 16.0. The molecular weight excluding hydrogens is 793 g/mol. The molecule has 5 heterocycles. The van der Waals surface area contributed by atoms with E-state index in [9.17, 15) is 24.3 Å². The van der Waals surface area contributed by atoms with Gasteiger partial charge in [-0.3, -0.25) is 28.8 Å². The minimum Gasteiger partial charge on any atom is -0.458 e. The summed E-state index contributed by atoms with van der Waals surface area (Å²) in [6.07, 6.45) is 0.941. The molecule has 1 N–H and O–H groups in total. The van der Waals surface area contributed by atoms with Gasteiger partial charge in [-0.1, -0.05) is 27.7 Å². The van der Waals surface area contributed by atoms with Gasteiger partial charge in [0.15, 0.2) is 18.0 Å². The maximum atomic E-state index is 14.8. The molecule has 334 valence electrons. The number of aliphatic hydroxyl groups excluding tert-OH is 1. The minimum absolute atomic E-state index is 0.127. The van der Waals surface area contributed by atoms with Gasteiger partial charge in [-0.05, 0) is 79.3 Å². The Kier molecular flexibility index (Phi) is 15.7. The van der Waals surface area contributed by atoms with Crippen LogP contribution in [0.25, 0.3) is 11.3 Å². The first-order valence-electron chi connectivity index (χ1n) is 21.2. The summed E-state index contributed by atoms with van der Waals surface area (Å²) in [5.41, 5.74) is -0.932. The van der Waals surface area contributed by atoms with Crippen molar-refractivity contribution in [1.29, 1.82) is 0 Å². The van der Waals surface area contributed by atoms with Crippen LogP contribution in [-0.4, -0.2) is 135 Å². The molecule has 0 aromatic carbocycles. The second kappa shape index (κ2) is 19.7. The number of rotatable bonds is 11. The Hall–Kier alpha value is -3.41. The number of pyridine rings is 1. The van der Waals surface area contributed by atoms with Crippen LogP contribution in [0.4, 0.5) is 0 Å². The van der Waals surface area contributed by atoms with Crippen LogP contribution in [0.1, 0.15) is 81.6 Å². The SMILES string of the molecule is CC[C@H]1OC(=O)[C@H](C)[C@@H](O)[C@H](C)[C@@H](O[C@@H]2O[C@H](C)C[C@H](N(C)C)[C@H]2OC(C)=O)[C@](C)(OC)C[C@@H](C)C(=O)[C@H](C)[C@H]2[C@H](SCCn3ccc(-c4cccnc4)n3)C(=O)O[C@@]21C. The molecule has 0 aliphatic carbocycles. The number of thioether (sulfide) groups is 1. The lowest BCUT2D eigenvalue weighted by Gasteiger charge is -2.48. The number of aryl methyl sites for hydroxylation is 1. The summed E-state index contributed by atoms with van der Waals surface area (Å²) in [6, 6.07) is 5.44. The molecule has 3 aliphatic heterocycles. The average molecular weight is 859 g/mol. The number of ketones is 1. The maximum Gasteiger partial charge on any atom is 0.320 e. The van der Waals surface area contributed by atoms with Crippen LogP contribution in [0.3, 0.4) is 0 Å². The van der Waals surface area contributed by atoms with Crippen molar-refractivity contribution in [2.45, 2.75) is 147 Å². The number of hydrogen-bond acceptors (Lipinski definition) is 15. The highest BCUT2D eigenvalue weighted by atomic mass is 32.2. The van der Waals surface area contributed by atoms with Gasteiger partial charge in [0.2, 0.25) is 0 Å². The van der Waals surface area contributed by atoms with E-state index in [1.54, 1.807) is 33.2 Å². The molecular formula is C44H66N4O11S. The molecule has 15 nitrogen and oxygen atoms in total. The van der Waals surface area contributed by atoms with Gasteiger partial charge >= 0.3 is 17.9 Å². The summed E-state index contributed by atoms with van der Waals surface area (Å²) < 4.78 is 39.6. The first-order chi connectivity index (χ1) is 28.3. The van der Waals surface area contributed by atoms with Gasteiger partial charge in [-0.2, -0.15) is 5.10 Å². The summed E-state index contributed by atoms with van der Waals surface area (Å²) in [6.45, 7) is 16.1. The van der Waals surface area contributed by atoms with Crippen molar-refractivity contribution in [1.82, 2.24) is 19.7 Å². The van der Waals surface area contributed by atoms with Gasteiger partial charge in [0, 0.05) is 74.2 Å². The highest BCUT2D eigenvalue weighted by molar-refractivity contribution is 8.00. The van der Waals surface area contributed by atoms with Crippen molar-refractivity contribution in [3.8, 4) is 11.3 Å². The molecule has 0 saturated carbocycles. The lowest BCUT2D eigenvalue weighted by atomic mass is 9.70. The second-order valence-corrected chi connectivity index (χ2v) is 18.9. The van der Waals surface area contributed by atoms with Crippen molar-refractivity contribution < 1.29 is 52.7 Å². The number of esters is 3. The molecule has 3 fully saturated rings. The third kappa shape index (κ3) is 10.1. The molecule has 15 atom stereocenters. The lowest BCUT2D eigenvalue weighted by molar-refractivity contribution is -0.303. The quantitative estimate of drug-likeness (QED) is 0.237. The number of aliphatic hydroxyl groups is 1. The number of carbonyl (C=O) groups excluding carboxylic acids is 4. The fourth-order valence-electron chi connectivity index (χ4n) is 9.63. The number of nitrogens with zero attached hydrogens (tertiary/aromatic N) is 4. The zero-order valence-corrected chi connectivity index (χ0v) is 38.0. The van der Waals surface area contributed by atoms with Gasteiger partial charge in [-0.25, -0.2) is 0 Å². The van der Waals surface area contributed by atoms with E-state index in [-0.39, 0.29) is 30.8 Å². The Bertz CT molecular complexity index is 1800. The van der Waals surface area contributed by atoms with Crippen LogP contribution in [0.5, 0.6) is 0 Å². The minimum atomic E-state index is -1.35. The van der Waals surface area contributed by atoms with Gasteiger partial charge < -0.3 is 38.4 Å². The fraction of sp³-hybridized carbons (Fsp3) is 0.727. The number of methoxy groups -OCH3 is 1. The van der Waals surface area contributed by atoms with E-state index in [2.05, 4.69) is 4.98 Å². The molecule has 60 heavy (non-hydrogen) atoms. The predicted molar refractivity (Wildman–Crippen MR) is 224 cm³/mol. The van der Waals surface area contributed by atoms with Crippen LogP contribution in [-0.2, 0) is 54.1 Å². The van der Waals surface area contributed by atoms with Gasteiger partial charge in [0.25, 0.3) is 0 Å². The second-order valence-electron chi connectivity index (χ2n) is 17.6. The van der Waals surface area contributed by atoms with Crippen LogP contribution >= 0.6 is 11.8 Å². The van der Waals surface area contributed by atoms with Crippen LogP contribution in [0, 0.1) is 29.6 Å². The molecule has 2 aromatic rings. The molecule has 3 saturated heterocycles. The fourth-order valence-corrected chi connectivity index (χ4v) is 11.1. The number of hydrogen-bond donors (Lipinski definition) is 1. The zero-order chi connectivity index (χ0) is 44.3. The van der Waals surface area contributed by atoms with Crippen molar-refractivity contribution in [2.24, 2.45) is 29.6 Å². The number of carbonyl (C=O) groups is 4. The first-order valence-corrected chi connectivity index (χ1v) is 22.2. The van der Waals surface area contributed by atoms with Crippen molar-refractivity contribution >= 4 is 35.5 Å². The Morgan fingerprint density at radius 3 is 2.42 bits per heavy atom. The van der Waals surface area contributed by atoms with E-state index in [0.717, 1.165) is 11.3 Å². The number of aromatic nitrogens is 3. The van der Waals surface area contributed by atoms with Crippen LogP contribution in [0.15, 0.2) is 36.8 Å². The van der Waals surface area contributed by atoms with Gasteiger partial charge in [0.1, 0.15) is 17.1 Å². The Morgan fingerprint density at radius 2 is 1.80 bits per heavy atom. The highest BCUT2D eigenvalue weighted by Crippen LogP contribution is 2.49. The van der Waals surface area contributed by atoms with E-state index in [0.29, 0.717) is 18.7 Å². The number of Topliss-reactive ketones (excluding diaryl/α,β-unsaturated/α-hetero) is 1. The standard InChI is InChI=1S/C44H66N4O11S/c1-13-33-44(9)34(38(41(53)59-44)60-20-19-48-18-16-31(46-48)30-15-14-17-45-23-30)26(4)35(50)24(2)22-43(8,54-12)39(27(5)36(51)28(6)40(52)57-33)58-42-37(56-29(7)49)32(47(10)11)21-25(3)55-42/h14-18,23-28,32-34,36-39,42,51H,13,19-22H2,1-12H3/t24-,25-,26-,27+,28-,32+,33-,34+,36+,37-,38+,39-,42+,43-,44-/m1/s1. The maximum absolute atomic E-state index is 14.8. The molecule has 3 aliphatic rings. The largest absolute Gasteiger partial charge is 0.458 e. The van der Waals surface area contributed by atoms with E-state index < -0.39 is 94.7 Å². The molecule has 0 amide bonds. The molecule has 2 aromatic heterocycles. The molecule has 16 heteroatoms. The van der Waals surface area contributed by atoms with E-state index >= 15 is 0 Å². The summed E-state index contributed by atoms with van der Waals surface area (Å²) in [5.74, 6) is -5.19. The Balaban J connectivity index is 1.49. The van der Waals surface area contributed by atoms with Crippen LogP contribution < -0.4 is 0 Å².